The molecule has 2 heteroatoms. The van der Waals surface area contributed by atoms with Gasteiger partial charge in [-0.25, -0.2) is 0 Å². The van der Waals surface area contributed by atoms with E-state index in [0.29, 0.717) is 0 Å². The minimum atomic E-state index is 0.749. The standard InChI is InChI=1S/C22H21NO/c1-24-19-13-15-22(23)21(16-19)20(18-10-6-3-7-11-18)14-12-17-8-4-2-5-9-17/h2-11,13-16H,12,23H2,1H3/b20-14+. The van der Waals surface area contributed by atoms with Gasteiger partial charge in [0.1, 0.15) is 5.75 Å². The lowest BCUT2D eigenvalue weighted by Gasteiger charge is -2.13. The second kappa shape index (κ2) is 7.51. The summed E-state index contributed by atoms with van der Waals surface area (Å²) in [7, 11) is 1.67. The molecule has 0 heterocycles. The smallest absolute Gasteiger partial charge is 0.119 e. The zero-order valence-electron chi connectivity index (χ0n) is 13.8. The summed E-state index contributed by atoms with van der Waals surface area (Å²) < 4.78 is 5.38. The SMILES string of the molecule is COc1ccc(N)c(/C(=C/Cc2ccccc2)c2ccccc2)c1. The van der Waals surface area contributed by atoms with Gasteiger partial charge < -0.3 is 10.5 Å². The fraction of sp³-hybridized carbons (Fsp3) is 0.0909. The molecule has 3 aromatic carbocycles. The third-order valence-corrected chi connectivity index (χ3v) is 4.02. The quantitative estimate of drug-likeness (QED) is 0.676. The van der Waals surface area contributed by atoms with Crippen LogP contribution in [0, 0.1) is 0 Å². The summed E-state index contributed by atoms with van der Waals surface area (Å²) in [5, 5.41) is 0. The molecule has 0 fully saturated rings. The van der Waals surface area contributed by atoms with Crippen LogP contribution in [0.15, 0.2) is 84.9 Å². The number of hydrogen-bond acceptors (Lipinski definition) is 2. The molecule has 0 bridgehead atoms. The van der Waals surface area contributed by atoms with Crippen molar-refractivity contribution >= 4 is 11.3 Å². The van der Waals surface area contributed by atoms with Crippen LogP contribution in [0.4, 0.5) is 5.69 Å². The first-order valence-corrected chi connectivity index (χ1v) is 8.01. The third-order valence-electron chi connectivity index (χ3n) is 4.02. The van der Waals surface area contributed by atoms with Crippen molar-refractivity contribution in [3.05, 3.63) is 102 Å². The molecule has 0 aliphatic rings. The van der Waals surface area contributed by atoms with Gasteiger partial charge in [0.05, 0.1) is 7.11 Å². The van der Waals surface area contributed by atoms with Gasteiger partial charge in [-0.2, -0.15) is 0 Å². The normalized spacial score (nSPS) is 11.3. The fourth-order valence-corrected chi connectivity index (χ4v) is 2.73. The highest BCUT2D eigenvalue weighted by atomic mass is 16.5. The van der Waals surface area contributed by atoms with Crippen LogP contribution in [0.3, 0.4) is 0 Å². The molecule has 2 N–H and O–H groups in total. The maximum absolute atomic E-state index is 6.25. The summed E-state index contributed by atoms with van der Waals surface area (Å²) in [5.74, 6) is 0.806. The third kappa shape index (κ3) is 3.66. The van der Waals surface area contributed by atoms with Gasteiger partial charge in [-0.3, -0.25) is 0 Å². The van der Waals surface area contributed by atoms with Gasteiger partial charge in [-0.1, -0.05) is 66.7 Å². The van der Waals surface area contributed by atoms with Crippen molar-refractivity contribution in [2.24, 2.45) is 0 Å². The molecular weight excluding hydrogens is 294 g/mol. The minimum Gasteiger partial charge on any atom is -0.497 e. The Labute approximate surface area is 143 Å². The van der Waals surface area contributed by atoms with Crippen LogP contribution in [0.2, 0.25) is 0 Å². The van der Waals surface area contributed by atoms with E-state index in [1.54, 1.807) is 7.11 Å². The maximum Gasteiger partial charge on any atom is 0.119 e. The van der Waals surface area contributed by atoms with E-state index in [-0.39, 0.29) is 0 Å². The number of allylic oxidation sites excluding steroid dienone is 1. The van der Waals surface area contributed by atoms with E-state index in [1.165, 1.54) is 5.56 Å². The Hall–Kier alpha value is -3.00. The molecule has 0 saturated carbocycles. The second-order valence-corrected chi connectivity index (χ2v) is 5.63. The van der Waals surface area contributed by atoms with Crippen molar-refractivity contribution in [1.82, 2.24) is 0 Å². The van der Waals surface area contributed by atoms with Gasteiger partial charge in [0.2, 0.25) is 0 Å². The number of methoxy groups -OCH3 is 1. The van der Waals surface area contributed by atoms with Crippen LogP contribution in [0.1, 0.15) is 16.7 Å². The second-order valence-electron chi connectivity index (χ2n) is 5.63. The molecule has 0 amide bonds. The summed E-state index contributed by atoms with van der Waals surface area (Å²) in [6.07, 6.45) is 3.08. The van der Waals surface area contributed by atoms with Crippen LogP contribution in [0.25, 0.3) is 5.57 Å². The van der Waals surface area contributed by atoms with Gasteiger partial charge in [0, 0.05) is 11.3 Å². The predicted octanol–water partition coefficient (Wildman–Crippen LogP) is 4.95. The molecular formula is C22H21NO. The molecule has 2 nitrogen and oxygen atoms in total. The number of nitrogen functional groups attached to an aromatic ring is 1. The van der Waals surface area contributed by atoms with Gasteiger partial charge >= 0.3 is 0 Å². The predicted molar refractivity (Wildman–Crippen MR) is 101 cm³/mol. The van der Waals surface area contributed by atoms with Crippen molar-refractivity contribution in [2.75, 3.05) is 12.8 Å². The first-order valence-electron chi connectivity index (χ1n) is 8.01. The Morgan fingerprint density at radius 3 is 2.25 bits per heavy atom. The van der Waals surface area contributed by atoms with Gasteiger partial charge in [0.25, 0.3) is 0 Å². The van der Waals surface area contributed by atoms with Crippen molar-refractivity contribution in [3.63, 3.8) is 0 Å². The Morgan fingerprint density at radius 1 is 0.917 bits per heavy atom. The lowest BCUT2D eigenvalue weighted by Crippen LogP contribution is -1.97. The number of hydrogen-bond donors (Lipinski definition) is 1. The number of anilines is 1. The molecule has 0 radical (unpaired) electrons. The van der Waals surface area contributed by atoms with Gasteiger partial charge in [0.15, 0.2) is 0 Å². The average Bonchev–Trinajstić information content (AvgIpc) is 2.65. The molecule has 0 atom stereocenters. The summed E-state index contributed by atoms with van der Waals surface area (Å²) >= 11 is 0. The molecule has 0 aliphatic heterocycles. The Morgan fingerprint density at radius 2 is 1.58 bits per heavy atom. The monoisotopic (exact) mass is 315 g/mol. The maximum atomic E-state index is 6.25. The summed E-state index contributed by atoms with van der Waals surface area (Å²) in [4.78, 5) is 0. The molecule has 0 unspecified atom stereocenters. The molecule has 0 aliphatic carbocycles. The first-order chi connectivity index (χ1) is 11.8. The van der Waals surface area contributed by atoms with E-state index in [0.717, 1.165) is 34.6 Å². The van der Waals surface area contributed by atoms with Crippen molar-refractivity contribution in [3.8, 4) is 5.75 Å². The molecule has 0 spiro atoms. The fourth-order valence-electron chi connectivity index (χ4n) is 2.73. The summed E-state index contributed by atoms with van der Waals surface area (Å²) in [6.45, 7) is 0. The van der Waals surface area contributed by atoms with Crippen molar-refractivity contribution in [1.29, 1.82) is 0 Å². The van der Waals surface area contributed by atoms with Crippen LogP contribution in [-0.4, -0.2) is 7.11 Å². The Bertz CT molecular complexity index is 823. The molecule has 0 aromatic heterocycles. The lowest BCUT2D eigenvalue weighted by atomic mass is 9.94. The van der Waals surface area contributed by atoms with E-state index < -0.39 is 0 Å². The van der Waals surface area contributed by atoms with Gasteiger partial charge in [-0.15, -0.1) is 0 Å². The number of nitrogens with two attached hydrogens (primary N) is 1. The van der Waals surface area contributed by atoms with Gasteiger partial charge in [-0.05, 0) is 41.3 Å². The van der Waals surface area contributed by atoms with E-state index in [2.05, 4.69) is 42.5 Å². The van der Waals surface area contributed by atoms with Crippen molar-refractivity contribution < 1.29 is 4.74 Å². The number of ether oxygens (including phenoxy) is 1. The summed E-state index contributed by atoms with van der Waals surface area (Å²) in [5.41, 5.74) is 11.5. The summed E-state index contributed by atoms with van der Waals surface area (Å²) in [6, 6.07) is 26.5. The van der Waals surface area contributed by atoms with Crippen LogP contribution in [-0.2, 0) is 6.42 Å². The molecule has 3 aromatic rings. The minimum absolute atomic E-state index is 0.749. The van der Waals surface area contributed by atoms with E-state index in [9.17, 15) is 0 Å². The number of benzene rings is 3. The van der Waals surface area contributed by atoms with E-state index in [4.69, 9.17) is 10.5 Å². The molecule has 0 saturated heterocycles. The topological polar surface area (TPSA) is 35.2 Å². The van der Waals surface area contributed by atoms with Crippen molar-refractivity contribution in [2.45, 2.75) is 6.42 Å². The largest absolute Gasteiger partial charge is 0.497 e. The highest BCUT2D eigenvalue weighted by Gasteiger charge is 2.10. The molecule has 120 valence electrons. The van der Waals surface area contributed by atoms with Crippen LogP contribution >= 0.6 is 0 Å². The Kier molecular flexibility index (Phi) is 4.97. The van der Waals surface area contributed by atoms with Crippen LogP contribution in [0.5, 0.6) is 5.75 Å². The highest BCUT2D eigenvalue weighted by molar-refractivity contribution is 5.86. The van der Waals surface area contributed by atoms with Crippen LogP contribution < -0.4 is 10.5 Å². The molecule has 3 rings (SSSR count). The lowest BCUT2D eigenvalue weighted by molar-refractivity contribution is 0.415. The average molecular weight is 315 g/mol. The highest BCUT2D eigenvalue weighted by Crippen LogP contribution is 2.31. The number of rotatable bonds is 5. The first kappa shape index (κ1) is 15.9. The Balaban J connectivity index is 2.06. The van der Waals surface area contributed by atoms with E-state index in [1.807, 2.05) is 42.5 Å². The molecule has 24 heavy (non-hydrogen) atoms. The van der Waals surface area contributed by atoms with E-state index >= 15 is 0 Å². The zero-order chi connectivity index (χ0) is 16.8. The zero-order valence-corrected chi connectivity index (χ0v) is 13.8.